The van der Waals surface area contributed by atoms with Crippen molar-refractivity contribution in [3.8, 4) is 0 Å². The van der Waals surface area contributed by atoms with E-state index in [1.165, 1.54) is 0 Å². The van der Waals surface area contributed by atoms with E-state index in [1.807, 2.05) is 13.8 Å². The lowest BCUT2D eigenvalue weighted by Crippen LogP contribution is -2.57. The van der Waals surface area contributed by atoms with E-state index in [0.29, 0.717) is 39.1 Å². The van der Waals surface area contributed by atoms with E-state index in [-0.39, 0.29) is 13.2 Å². The molecule has 0 aromatic heterocycles. The number of ether oxygens (including phenoxy) is 2. The van der Waals surface area contributed by atoms with E-state index in [4.69, 9.17) is 20.9 Å². The number of carbonyl (C=O) groups is 2. The Morgan fingerprint density at radius 1 is 0.844 bits per heavy atom. The maximum atomic E-state index is 12.3. The monoisotopic (exact) mass is 466 g/mol. The molecule has 190 valence electrons. The summed E-state index contributed by atoms with van der Waals surface area (Å²) in [5.41, 5.74) is 9.58. The number of aliphatic hydroxyl groups is 4. The second-order valence-corrected chi connectivity index (χ2v) is 8.83. The first-order valence-electron chi connectivity index (χ1n) is 10.7. The zero-order valence-corrected chi connectivity index (χ0v) is 19.5. The number of carbonyl (C=O) groups excluding carboxylic acids is 2. The minimum atomic E-state index is -2.10. The van der Waals surface area contributed by atoms with Crippen LogP contribution in [0.5, 0.6) is 0 Å². The highest BCUT2D eigenvalue weighted by Gasteiger charge is 2.38. The average Bonchev–Trinajstić information content (AvgIpc) is 2.70. The molecule has 0 aliphatic rings. The highest BCUT2D eigenvalue weighted by atomic mass is 16.5. The Hall–Kier alpha value is -1.38. The first-order chi connectivity index (χ1) is 14.8. The fourth-order valence-corrected chi connectivity index (χ4v) is 2.69. The van der Waals surface area contributed by atoms with Crippen molar-refractivity contribution in [1.82, 2.24) is 10.6 Å². The number of hydrogen-bond acceptors (Lipinski definition) is 10. The third-order valence-electron chi connectivity index (χ3n) is 4.77. The number of rotatable bonds is 17. The molecular weight excluding hydrogens is 424 g/mol. The van der Waals surface area contributed by atoms with E-state index >= 15 is 0 Å². The second-order valence-electron chi connectivity index (χ2n) is 8.83. The molecule has 12 nitrogen and oxygen atoms in total. The molecule has 0 unspecified atom stereocenters. The molecule has 0 saturated heterocycles. The van der Waals surface area contributed by atoms with Gasteiger partial charge in [-0.15, -0.1) is 0 Å². The maximum absolute atomic E-state index is 12.3. The lowest BCUT2D eigenvalue weighted by Gasteiger charge is -2.32. The molecule has 0 bridgehead atoms. The Bertz CT molecular complexity index is 562. The van der Waals surface area contributed by atoms with Crippen LogP contribution < -0.4 is 22.1 Å². The summed E-state index contributed by atoms with van der Waals surface area (Å²) >= 11 is 0. The van der Waals surface area contributed by atoms with Crippen LogP contribution in [-0.2, 0) is 19.1 Å². The lowest BCUT2D eigenvalue weighted by molar-refractivity contribution is -0.156. The van der Waals surface area contributed by atoms with Gasteiger partial charge in [0.15, 0.2) is 12.2 Å². The van der Waals surface area contributed by atoms with Gasteiger partial charge < -0.3 is 52.0 Å². The van der Waals surface area contributed by atoms with Crippen LogP contribution in [0.25, 0.3) is 0 Å². The van der Waals surface area contributed by atoms with Crippen molar-refractivity contribution in [2.24, 2.45) is 11.5 Å². The van der Waals surface area contributed by atoms with Crippen LogP contribution in [0, 0.1) is 0 Å². The number of hydrogen-bond donors (Lipinski definition) is 8. The van der Waals surface area contributed by atoms with Gasteiger partial charge >= 0.3 is 0 Å². The fourth-order valence-electron chi connectivity index (χ4n) is 2.69. The molecule has 4 atom stereocenters. The molecule has 0 heterocycles. The average molecular weight is 467 g/mol. The van der Waals surface area contributed by atoms with Crippen molar-refractivity contribution in [3.05, 3.63) is 0 Å². The maximum Gasteiger partial charge on any atom is 0.252 e. The number of amides is 2. The molecule has 0 aliphatic carbocycles. The van der Waals surface area contributed by atoms with E-state index in [2.05, 4.69) is 10.6 Å². The summed E-state index contributed by atoms with van der Waals surface area (Å²) in [7, 11) is 0. The quantitative estimate of drug-likeness (QED) is 0.101. The Morgan fingerprint density at radius 3 is 1.94 bits per heavy atom. The summed E-state index contributed by atoms with van der Waals surface area (Å²) in [5, 5.41) is 45.0. The van der Waals surface area contributed by atoms with Crippen LogP contribution in [-0.4, -0.2) is 107 Å². The highest BCUT2D eigenvalue weighted by Crippen LogP contribution is 2.17. The molecule has 0 rings (SSSR count). The fraction of sp³-hybridized carbons (Fsp3) is 0.900. The van der Waals surface area contributed by atoms with Crippen LogP contribution in [0.2, 0.25) is 0 Å². The third kappa shape index (κ3) is 12.0. The summed E-state index contributed by atoms with van der Waals surface area (Å²) < 4.78 is 10.8. The van der Waals surface area contributed by atoms with E-state index in [1.54, 1.807) is 13.8 Å². The van der Waals surface area contributed by atoms with Gasteiger partial charge in [-0.05, 0) is 47.1 Å². The van der Waals surface area contributed by atoms with Gasteiger partial charge in [-0.2, -0.15) is 0 Å². The Labute approximate surface area is 189 Å². The molecular formula is C20H42N4O8. The van der Waals surface area contributed by atoms with Crippen LogP contribution in [0.4, 0.5) is 0 Å². The molecule has 32 heavy (non-hydrogen) atoms. The van der Waals surface area contributed by atoms with E-state index < -0.39 is 47.4 Å². The molecule has 0 aromatic carbocycles. The molecule has 0 radical (unpaired) electrons. The van der Waals surface area contributed by atoms with Crippen LogP contribution in [0.1, 0.15) is 40.5 Å². The van der Waals surface area contributed by atoms with Crippen molar-refractivity contribution in [3.63, 3.8) is 0 Å². The molecule has 0 saturated carbocycles. The van der Waals surface area contributed by atoms with Crippen molar-refractivity contribution in [2.75, 3.05) is 39.5 Å². The van der Waals surface area contributed by atoms with Gasteiger partial charge in [0.1, 0.15) is 12.2 Å². The van der Waals surface area contributed by atoms with Crippen molar-refractivity contribution in [1.29, 1.82) is 0 Å². The zero-order chi connectivity index (χ0) is 24.9. The van der Waals surface area contributed by atoms with Gasteiger partial charge in [0.05, 0.1) is 18.8 Å². The SMILES string of the molecule is CC(C)(CCOC(C)(C)CCN)NC(=O)[C@H](O)[C@@H](O)[C@@H](O)[C@H](O)C(=O)NCCOCCN. The molecule has 12 heteroatoms. The first kappa shape index (κ1) is 30.6. The Morgan fingerprint density at radius 2 is 1.41 bits per heavy atom. The molecule has 0 aromatic rings. The topological polar surface area (TPSA) is 210 Å². The Kier molecular flexibility index (Phi) is 14.1. The van der Waals surface area contributed by atoms with Crippen LogP contribution in [0.3, 0.4) is 0 Å². The van der Waals surface area contributed by atoms with Crippen molar-refractivity contribution < 1.29 is 39.5 Å². The van der Waals surface area contributed by atoms with Crippen molar-refractivity contribution >= 4 is 11.8 Å². The summed E-state index contributed by atoms with van der Waals surface area (Å²) in [5.74, 6) is -1.95. The first-order valence-corrected chi connectivity index (χ1v) is 10.7. The number of aliphatic hydroxyl groups excluding tert-OH is 4. The summed E-state index contributed by atoms with van der Waals surface area (Å²) in [6.07, 6.45) is -7.26. The highest BCUT2D eigenvalue weighted by molar-refractivity contribution is 5.83. The predicted octanol–water partition coefficient (Wildman–Crippen LogP) is -3.05. The standard InChI is InChI=1S/C20H42N4O8/c1-19(2,6-10-32-20(3,4)5-7-21)24-18(30)16(28)14(26)13(25)15(27)17(29)23-9-12-31-11-8-22/h13-16,25-28H,5-12,21-22H2,1-4H3,(H,23,29)(H,24,30)/t13-,14+,15+,16-/m1/s1. The van der Waals surface area contributed by atoms with E-state index in [0.717, 1.165) is 0 Å². The van der Waals surface area contributed by atoms with Gasteiger partial charge in [0.25, 0.3) is 11.8 Å². The van der Waals surface area contributed by atoms with Crippen LogP contribution >= 0.6 is 0 Å². The summed E-state index contributed by atoms with van der Waals surface area (Å²) in [4.78, 5) is 24.2. The van der Waals surface area contributed by atoms with Gasteiger partial charge in [0, 0.05) is 25.2 Å². The number of nitrogens with one attached hydrogen (secondary N) is 2. The molecule has 10 N–H and O–H groups in total. The van der Waals surface area contributed by atoms with Crippen molar-refractivity contribution in [2.45, 2.75) is 76.1 Å². The third-order valence-corrected chi connectivity index (χ3v) is 4.77. The van der Waals surface area contributed by atoms with Gasteiger partial charge in [-0.25, -0.2) is 0 Å². The molecule has 0 fully saturated rings. The normalized spacial score (nSPS) is 16.2. The van der Waals surface area contributed by atoms with E-state index in [9.17, 15) is 30.0 Å². The van der Waals surface area contributed by atoms with Gasteiger partial charge in [-0.3, -0.25) is 9.59 Å². The smallest absolute Gasteiger partial charge is 0.252 e. The molecule has 0 spiro atoms. The summed E-state index contributed by atoms with van der Waals surface area (Å²) in [6, 6.07) is 0. The lowest BCUT2D eigenvalue weighted by atomic mass is 9.97. The largest absolute Gasteiger partial charge is 0.387 e. The number of nitrogens with two attached hydrogens (primary N) is 2. The Balaban J connectivity index is 4.62. The minimum Gasteiger partial charge on any atom is -0.387 e. The minimum absolute atomic E-state index is 0.0418. The van der Waals surface area contributed by atoms with Gasteiger partial charge in [-0.1, -0.05) is 0 Å². The van der Waals surface area contributed by atoms with Gasteiger partial charge in [0.2, 0.25) is 0 Å². The molecule has 0 aliphatic heterocycles. The zero-order valence-electron chi connectivity index (χ0n) is 19.5. The second kappa shape index (κ2) is 14.7. The summed E-state index contributed by atoms with van der Waals surface area (Å²) in [6.45, 7) is 8.81. The van der Waals surface area contributed by atoms with Crippen LogP contribution in [0.15, 0.2) is 0 Å². The molecule has 2 amide bonds. The predicted molar refractivity (Wildman–Crippen MR) is 117 cm³/mol.